The van der Waals surface area contributed by atoms with Crippen LogP contribution in [0.1, 0.15) is 15.9 Å². The Hall–Kier alpha value is -1.72. The van der Waals surface area contributed by atoms with Crippen LogP contribution in [0.15, 0.2) is 18.2 Å². The van der Waals surface area contributed by atoms with Crippen LogP contribution >= 0.6 is 0 Å². The maximum absolute atomic E-state index is 11.8. The highest BCUT2D eigenvalue weighted by atomic mass is 16.5. The predicted molar refractivity (Wildman–Crippen MR) is 65.8 cm³/mol. The van der Waals surface area contributed by atoms with Crippen molar-refractivity contribution >= 4 is 17.4 Å². The molecular weight excluding hydrogens is 234 g/mol. The molecule has 0 atom stereocenters. The number of amides is 1. The Bertz CT molecular complexity index is 484. The molecule has 1 aliphatic heterocycles. The monoisotopic (exact) mass is 249 g/mol. The number of aliphatic hydroxyl groups excluding tert-OH is 1. The number of para-hydroxylation sites is 1. The normalized spacial score (nSPS) is 14.2. The van der Waals surface area contributed by atoms with Gasteiger partial charge in [-0.3, -0.25) is 9.59 Å². The van der Waals surface area contributed by atoms with Gasteiger partial charge in [-0.1, -0.05) is 12.1 Å². The van der Waals surface area contributed by atoms with Gasteiger partial charge in [0.2, 0.25) is 0 Å². The Morgan fingerprint density at radius 1 is 1.28 bits per heavy atom. The van der Waals surface area contributed by atoms with Crippen LogP contribution in [0.2, 0.25) is 0 Å². The van der Waals surface area contributed by atoms with Crippen molar-refractivity contribution in [1.29, 1.82) is 0 Å². The summed E-state index contributed by atoms with van der Waals surface area (Å²) in [5, 5.41) is 8.59. The van der Waals surface area contributed by atoms with Gasteiger partial charge in [0.25, 0.3) is 11.7 Å². The summed E-state index contributed by atoms with van der Waals surface area (Å²) in [6.07, 6.45) is 0. The molecule has 0 radical (unpaired) electrons. The maximum Gasteiger partial charge on any atom is 0.299 e. The number of aliphatic hydroxyl groups is 1. The molecule has 0 spiro atoms. The SMILES string of the molecule is Cc1cccc2c1N(CCOCCO)C(=O)C2=O. The number of carbonyl (C=O) groups excluding carboxylic acids is 2. The standard InChI is InChI=1S/C13H15NO4/c1-9-3-2-4-10-11(9)14(13(17)12(10)16)5-7-18-8-6-15/h2-4,15H,5-8H2,1H3. The third-order valence-corrected chi connectivity index (χ3v) is 2.89. The van der Waals surface area contributed by atoms with Crippen molar-refractivity contribution in [3.63, 3.8) is 0 Å². The van der Waals surface area contributed by atoms with Crippen molar-refractivity contribution in [1.82, 2.24) is 0 Å². The molecule has 1 N–H and O–H groups in total. The molecule has 0 unspecified atom stereocenters. The second-order valence-electron chi connectivity index (χ2n) is 4.09. The van der Waals surface area contributed by atoms with Crippen molar-refractivity contribution < 1.29 is 19.4 Å². The zero-order valence-corrected chi connectivity index (χ0v) is 10.2. The Labute approximate surface area is 105 Å². The maximum atomic E-state index is 11.8. The molecule has 1 heterocycles. The van der Waals surface area contributed by atoms with E-state index in [1.807, 2.05) is 13.0 Å². The van der Waals surface area contributed by atoms with Crippen LogP contribution in [0, 0.1) is 6.92 Å². The average Bonchev–Trinajstić information content (AvgIpc) is 2.61. The molecule has 1 aromatic carbocycles. The second-order valence-corrected chi connectivity index (χ2v) is 4.09. The molecule has 5 nitrogen and oxygen atoms in total. The Morgan fingerprint density at radius 2 is 2.06 bits per heavy atom. The molecule has 0 bridgehead atoms. The number of benzene rings is 1. The number of hydrogen-bond donors (Lipinski definition) is 1. The fourth-order valence-electron chi connectivity index (χ4n) is 2.08. The van der Waals surface area contributed by atoms with Crippen LogP contribution in [0.4, 0.5) is 5.69 Å². The first-order valence-corrected chi connectivity index (χ1v) is 5.81. The number of fused-ring (bicyclic) bond motifs is 1. The largest absolute Gasteiger partial charge is 0.394 e. The van der Waals surface area contributed by atoms with Crippen molar-refractivity contribution in [3.8, 4) is 0 Å². The van der Waals surface area contributed by atoms with E-state index < -0.39 is 11.7 Å². The van der Waals surface area contributed by atoms with Gasteiger partial charge < -0.3 is 14.7 Å². The number of rotatable bonds is 5. The summed E-state index contributed by atoms with van der Waals surface area (Å²) in [5.74, 6) is -0.970. The molecule has 5 heteroatoms. The van der Waals surface area contributed by atoms with Gasteiger partial charge in [0.05, 0.1) is 31.1 Å². The predicted octanol–water partition coefficient (Wildman–Crippen LogP) is 0.533. The molecule has 1 aliphatic rings. The topological polar surface area (TPSA) is 66.8 Å². The quantitative estimate of drug-likeness (QED) is 0.610. The molecular formula is C13H15NO4. The molecule has 0 saturated carbocycles. The Morgan fingerprint density at radius 3 is 2.78 bits per heavy atom. The van der Waals surface area contributed by atoms with E-state index in [9.17, 15) is 9.59 Å². The van der Waals surface area contributed by atoms with Crippen LogP contribution in [0.25, 0.3) is 0 Å². The smallest absolute Gasteiger partial charge is 0.299 e. The van der Waals surface area contributed by atoms with Gasteiger partial charge in [-0.05, 0) is 18.6 Å². The van der Waals surface area contributed by atoms with E-state index in [2.05, 4.69) is 0 Å². The number of aryl methyl sites for hydroxylation is 1. The van der Waals surface area contributed by atoms with E-state index in [4.69, 9.17) is 9.84 Å². The highest BCUT2D eigenvalue weighted by molar-refractivity contribution is 6.52. The Balaban J connectivity index is 2.17. The van der Waals surface area contributed by atoms with Crippen molar-refractivity contribution in [2.45, 2.75) is 6.92 Å². The van der Waals surface area contributed by atoms with E-state index in [1.165, 1.54) is 4.90 Å². The van der Waals surface area contributed by atoms with Gasteiger partial charge in [-0.2, -0.15) is 0 Å². The van der Waals surface area contributed by atoms with Crippen molar-refractivity contribution in [3.05, 3.63) is 29.3 Å². The van der Waals surface area contributed by atoms with E-state index in [-0.39, 0.29) is 13.2 Å². The lowest BCUT2D eigenvalue weighted by atomic mass is 10.1. The third-order valence-electron chi connectivity index (χ3n) is 2.89. The lowest BCUT2D eigenvalue weighted by Gasteiger charge is -2.18. The fraction of sp³-hybridized carbons (Fsp3) is 0.385. The number of ketones is 1. The summed E-state index contributed by atoms with van der Waals surface area (Å²) in [4.78, 5) is 25.1. The first kappa shape index (κ1) is 12.7. The van der Waals surface area contributed by atoms with E-state index >= 15 is 0 Å². The molecule has 0 fully saturated rings. The van der Waals surface area contributed by atoms with E-state index in [0.29, 0.717) is 24.4 Å². The molecule has 96 valence electrons. The third kappa shape index (κ3) is 2.14. The van der Waals surface area contributed by atoms with Gasteiger partial charge in [-0.25, -0.2) is 0 Å². The summed E-state index contributed by atoms with van der Waals surface area (Å²) in [7, 11) is 0. The van der Waals surface area contributed by atoms with Crippen LogP contribution < -0.4 is 4.90 Å². The van der Waals surface area contributed by atoms with Crippen molar-refractivity contribution in [2.75, 3.05) is 31.3 Å². The fourth-order valence-corrected chi connectivity index (χ4v) is 2.08. The number of Topliss-reactive ketones (excluding diaryl/α,β-unsaturated/α-hetero) is 1. The molecule has 0 aliphatic carbocycles. The summed E-state index contributed by atoms with van der Waals surface area (Å²) >= 11 is 0. The number of ether oxygens (including phenoxy) is 1. The second kappa shape index (κ2) is 5.29. The number of nitrogens with zero attached hydrogens (tertiary/aromatic N) is 1. The molecule has 0 aromatic heterocycles. The lowest BCUT2D eigenvalue weighted by Crippen LogP contribution is -2.33. The summed E-state index contributed by atoms with van der Waals surface area (Å²) < 4.78 is 5.13. The molecule has 2 rings (SSSR count). The average molecular weight is 249 g/mol. The summed E-state index contributed by atoms with van der Waals surface area (Å²) in [6.45, 7) is 2.67. The first-order valence-electron chi connectivity index (χ1n) is 5.81. The van der Waals surface area contributed by atoms with Crippen LogP contribution in [-0.4, -0.2) is 43.2 Å². The molecule has 18 heavy (non-hydrogen) atoms. The molecule has 1 aromatic rings. The minimum Gasteiger partial charge on any atom is -0.394 e. The molecule has 0 saturated heterocycles. The van der Waals surface area contributed by atoms with Crippen molar-refractivity contribution in [2.24, 2.45) is 0 Å². The van der Waals surface area contributed by atoms with Crippen LogP contribution in [0.5, 0.6) is 0 Å². The van der Waals surface area contributed by atoms with Gasteiger partial charge in [-0.15, -0.1) is 0 Å². The van der Waals surface area contributed by atoms with Gasteiger partial charge in [0.1, 0.15) is 0 Å². The van der Waals surface area contributed by atoms with Crippen LogP contribution in [-0.2, 0) is 9.53 Å². The number of carbonyl (C=O) groups is 2. The first-order chi connectivity index (χ1) is 8.66. The van der Waals surface area contributed by atoms with E-state index in [0.717, 1.165) is 5.56 Å². The number of anilines is 1. The van der Waals surface area contributed by atoms with Gasteiger partial charge in [0, 0.05) is 6.54 Å². The summed E-state index contributed by atoms with van der Waals surface area (Å²) in [5.41, 5.74) is 2.04. The van der Waals surface area contributed by atoms with Gasteiger partial charge in [0.15, 0.2) is 0 Å². The minimum absolute atomic E-state index is 0.0531. The highest BCUT2D eigenvalue weighted by Crippen LogP contribution is 2.31. The molecule has 1 amide bonds. The van der Waals surface area contributed by atoms with E-state index in [1.54, 1.807) is 12.1 Å². The zero-order valence-electron chi connectivity index (χ0n) is 10.2. The lowest BCUT2D eigenvalue weighted by molar-refractivity contribution is -0.114. The van der Waals surface area contributed by atoms with Gasteiger partial charge >= 0.3 is 0 Å². The number of hydrogen-bond acceptors (Lipinski definition) is 4. The minimum atomic E-state index is -0.508. The summed E-state index contributed by atoms with van der Waals surface area (Å²) in [6, 6.07) is 5.30. The van der Waals surface area contributed by atoms with Crippen LogP contribution in [0.3, 0.4) is 0 Å². The Kier molecular flexibility index (Phi) is 3.74. The highest BCUT2D eigenvalue weighted by Gasteiger charge is 2.36. The zero-order chi connectivity index (χ0) is 13.1.